The van der Waals surface area contributed by atoms with Crippen LogP contribution in [0.5, 0.6) is 11.6 Å². The molecule has 0 saturated carbocycles. The fraction of sp³-hybridized carbons (Fsp3) is 0.250. The van der Waals surface area contributed by atoms with Crippen LogP contribution in [0.4, 0.5) is 20.2 Å². The zero-order valence-electron chi connectivity index (χ0n) is 13.2. The average Bonchev–Trinajstić information content (AvgIpc) is 2.47. The molecule has 0 unspecified atom stereocenters. The first-order chi connectivity index (χ1) is 10.9. The standard InChI is InChI=1S/C16H18F2N4O/c1-4-22(3)9-20-15-8-14(19)16(21-10(15)2)23-13-6-11(17)5-12(18)7-13/h5-9H,4,19H2,1-3H3. The van der Waals surface area contributed by atoms with Crippen LogP contribution in [0.1, 0.15) is 12.6 Å². The minimum atomic E-state index is -0.737. The van der Waals surface area contributed by atoms with Crippen molar-refractivity contribution in [3.05, 3.63) is 41.6 Å². The predicted octanol–water partition coefficient (Wildman–Crippen LogP) is 3.65. The van der Waals surface area contributed by atoms with Crippen molar-refractivity contribution in [2.45, 2.75) is 13.8 Å². The van der Waals surface area contributed by atoms with Crippen LogP contribution in [0, 0.1) is 18.6 Å². The van der Waals surface area contributed by atoms with Crippen molar-refractivity contribution >= 4 is 17.7 Å². The Morgan fingerprint density at radius 2 is 1.91 bits per heavy atom. The van der Waals surface area contributed by atoms with E-state index in [0.29, 0.717) is 11.4 Å². The average molecular weight is 320 g/mol. The van der Waals surface area contributed by atoms with Crippen molar-refractivity contribution in [1.29, 1.82) is 0 Å². The Balaban J connectivity index is 2.27. The number of nitrogens with zero attached hydrogens (tertiary/aromatic N) is 3. The molecule has 0 spiro atoms. The van der Waals surface area contributed by atoms with Gasteiger partial charge in [-0.25, -0.2) is 18.8 Å². The minimum absolute atomic E-state index is 0.0110. The Bertz CT molecular complexity index is 714. The van der Waals surface area contributed by atoms with E-state index in [-0.39, 0.29) is 17.3 Å². The van der Waals surface area contributed by atoms with Gasteiger partial charge in [-0.3, -0.25) is 0 Å². The molecule has 0 aliphatic rings. The molecule has 23 heavy (non-hydrogen) atoms. The molecule has 1 heterocycles. The highest BCUT2D eigenvalue weighted by Crippen LogP contribution is 2.31. The molecule has 7 heteroatoms. The number of nitrogens with two attached hydrogens (primary N) is 1. The SMILES string of the molecule is CCN(C)C=Nc1cc(N)c(Oc2cc(F)cc(F)c2)nc1C. The Hall–Kier alpha value is -2.70. The molecule has 0 radical (unpaired) electrons. The number of pyridine rings is 1. The lowest BCUT2D eigenvalue weighted by molar-refractivity contribution is 0.452. The van der Waals surface area contributed by atoms with Crippen LogP contribution in [0.15, 0.2) is 29.3 Å². The summed E-state index contributed by atoms with van der Waals surface area (Å²) in [5, 5.41) is 0. The molecule has 2 aromatic rings. The highest BCUT2D eigenvalue weighted by molar-refractivity contribution is 5.66. The Labute approximate surface area is 133 Å². The normalized spacial score (nSPS) is 11.0. The third-order valence-electron chi connectivity index (χ3n) is 3.12. The Morgan fingerprint density at radius 3 is 2.52 bits per heavy atom. The minimum Gasteiger partial charge on any atom is -0.437 e. The van der Waals surface area contributed by atoms with E-state index >= 15 is 0 Å². The number of aliphatic imine (C=N–C) groups is 1. The van der Waals surface area contributed by atoms with Crippen LogP contribution < -0.4 is 10.5 Å². The number of benzene rings is 1. The van der Waals surface area contributed by atoms with E-state index in [9.17, 15) is 8.78 Å². The van der Waals surface area contributed by atoms with E-state index in [1.165, 1.54) is 0 Å². The summed E-state index contributed by atoms with van der Waals surface area (Å²) in [5.41, 5.74) is 7.31. The van der Waals surface area contributed by atoms with Gasteiger partial charge in [0.2, 0.25) is 5.88 Å². The zero-order valence-corrected chi connectivity index (χ0v) is 13.2. The summed E-state index contributed by atoms with van der Waals surface area (Å²) in [6, 6.07) is 4.48. The summed E-state index contributed by atoms with van der Waals surface area (Å²) in [7, 11) is 1.89. The fourth-order valence-electron chi connectivity index (χ4n) is 1.74. The third-order valence-corrected chi connectivity index (χ3v) is 3.12. The van der Waals surface area contributed by atoms with Crippen LogP contribution in [0.25, 0.3) is 0 Å². The van der Waals surface area contributed by atoms with Crippen molar-refractivity contribution in [1.82, 2.24) is 9.88 Å². The van der Waals surface area contributed by atoms with Crippen molar-refractivity contribution in [2.75, 3.05) is 19.3 Å². The number of anilines is 1. The molecule has 0 atom stereocenters. The van der Waals surface area contributed by atoms with Crippen molar-refractivity contribution in [3.8, 4) is 11.6 Å². The van der Waals surface area contributed by atoms with Gasteiger partial charge in [-0.15, -0.1) is 0 Å². The molecule has 0 amide bonds. The number of nitrogen functional groups attached to an aromatic ring is 1. The van der Waals surface area contributed by atoms with Crippen molar-refractivity contribution in [3.63, 3.8) is 0 Å². The second kappa shape index (κ2) is 7.04. The van der Waals surface area contributed by atoms with Crippen LogP contribution in [0.3, 0.4) is 0 Å². The quantitative estimate of drug-likeness (QED) is 0.674. The number of aromatic nitrogens is 1. The van der Waals surface area contributed by atoms with Gasteiger partial charge in [0.15, 0.2) is 0 Å². The largest absolute Gasteiger partial charge is 0.437 e. The molecule has 2 rings (SSSR count). The van der Waals surface area contributed by atoms with E-state index in [2.05, 4.69) is 9.98 Å². The highest BCUT2D eigenvalue weighted by Gasteiger charge is 2.10. The molecule has 0 bridgehead atoms. The van der Waals surface area contributed by atoms with Gasteiger partial charge in [-0.2, -0.15) is 0 Å². The first-order valence-corrected chi connectivity index (χ1v) is 7.04. The number of halogens is 2. The van der Waals surface area contributed by atoms with Gasteiger partial charge >= 0.3 is 0 Å². The topological polar surface area (TPSA) is 63.7 Å². The molecule has 1 aromatic carbocycles. The lowest BCUT2D eigenvalue weighted by atomic mass is 10.3. The molecule has 2 N–H and O–H groups in total. The first kappa shape index (κ1) is 16.7. The number of rotatable bonds is 5. The number of aryl methyl sites for hydroxylation is 1. The highest BCUT2D eigenvalue weighted by atomic mass is 19.1. The lowest BCUT2D eigenvalue weighted by Crippen LogP contribution is -2.14. The maximum atomic E-state index is 13.2. The molecule has 122 valence electrons. The molecule has 5 nitrogen and oxygen atoms in total. The third kappa shape index (κ3) is 4.38. The summed E-state index contributed by atoms with van der Waals surface area (Å²) in [6.07, 6.45) is 1.67. The van der Waals surface area contributed by atoms with Gasteiger partial charge in [0.05, 0.1) is 23.4 Å². The lowest BCUT2D eigenvalue weighted by Gasteiger charge is -2.11. The zero-order chi connectivity index (χ0) is 17.0. The second-order valence-corrected chi connectivity index (χ2v) is 5.01. The predicted molar refractivity (Wildman–Crippen MR) is 86.3 cm³/mol. The monoisotopic (exact) mass is 320 g/mol. The van der Waals surface area contributed by atoms with Gasteiger partial charge < -0.3 is 15.4 Å². The summed E-state index contributed by atoms with van der Waals surface area (Å²) < 4.78 is 31.8. The van der Waals surface area contributed by atoms with Gasteiger partial charge in [0.25, 0.3) is 0 Å². The molecule has 0 saturated heterocycles. The summed E-state index contributed by atoms with van der Waals surface area (Å²) >= 11 is 0. The maximum Gasteiger partial charge on any atom is 0.243 e. The Morgan fingerprint density at radius 1 is 1.26 bits per heavy atom. The van der Waals surface area contributed by atoms with E-state index in [0.717, 1.165) is 24.7 Å². The van der Waals surface area contributed by atoms with E-state index in [4.69, 9.17) is 10.5 Å². The molecular formula is C16H18F2N4O. The molecule has 1 aromatic heterocycles. The molecule has 0 aliphatic carbocycles. The number of hydrogen-bond acceptors (Lipinski definition) is 4. The Kier molecular flexibility index (Phi) is 5.10. The van der Waals surface area contributed by atoms with E-state index in [1.807, 2.05) is 18.9 Å². The van der Waals surface area contributed by atoms with Gasteiger partial charge in [0.1, 0.15) is 17.4 Å². The van der Waals surface area contributed by atoms with Crippen LogP contribution in [-0.2, 0) is 0 Å². The van der Waals surface area contributed by atoms with Gasteiger partial charge in [-0.05, 0) is 19.9 Å². The van der Waals surface area contributed by atoms with Crippen molar-refractivity contribution in [2.24, 2.45) is 4.99 Å². The second-order valence-electron chi connectivity index (χ2n) is 5.01. The van der Waals surface area contributed by atoms with Crippen LogP contribution in [-0.4, -0.2) is 29.8 Å². The molecule has 0 aliphatic heterocycles. The maximum absolute atomic E-state index is 13.2. The summed E-state index contributed by atoms with van der Waals surface area (Å²) in [5.74, 6) is -1.41. The summed E-state index contributed by atoms with van der Waals surface area (Å²) in [4.78, 5) is 10.4. The van der Waals surface area contributed by atoms with Gasteiger partial charge in [0, 0.05) is 31.8 Å². The van der Waals surface area contributed by atoms with Crippen LogP contribution >= 0.6 is 0 Å². The molecular weight excluding hydrogens is 302 g/mol. The van der Waals surface area contributed by atoms with E-state index < -0.39 is 11.6 Å². The molecule has 0 fully saturated rings. The van der Waals surface area contributed by atoms with Gasteiger partial charge in [-0.1, -0.05) is 0 Å². The number of hydrogen-bond donors (Lipinski definition) is 1. The fourth-order valence-corrected chi connectivity index (χ4v) is 1.74. The number of ether oxygens (including phenoxy) is 1. The first-order valence-electron chi connectivity index (χ1n) is 7.04. The smallest absolute Gasteiger partial charge is 0.243 e. The van der Waals surface area contributed by atoms with Crippen LogP contribution in [0.2, 0.25) is 0 Å². The summed E-state index contributed by atoms with van der Waals surface area (Å²) in [6.45, 7) is 4.56. The van der Waals surface area contributed by atoms with E-state index in [1.54, 1.807) is 19.3 Å². The van der Waals surface area contributed by atoms with Crippen molar-refractivity contribution < 1.29 is 13.5 Å².